The molecule has 1 aromatic heterocycles. The SMILES string of the molecule is Cc1cc(CN2CC[C@H]3OCC[C@@H](C(=O)N4CCCO4)[C@@H]3C2)oc1C. The van der Waals surface area contributed by atoms with Gasteiger partial charge in [0.05, 0.1) is 25.8 Å². The summed E-state index contributed by atoms with van der Waals surface area (Å²) in [7, 11) is 0. The number of likely N-dealkylation sites (tertiary alicyclic amines) is 1. The van der Waals surface area contributed by atoms with Gasteiger partial charge in [-0.15, -0.1) is 0 Å². The van der Waals surface area contributed by atoms with Crippen molar-refractivity contribution >= 4 is 5.91 Å². The van der Waals surface area contributed by atoms with Gasteiger partial charge in [-0.1, -0.05) is 0 Å². The van der Waals surface area contributed by atoms with E-state index >= 15 is 0 Å². The average molecular weight is 348 g/mol. The number of rotatable bonds is 3. The molecule has 1 aromatic rings. The first kappa shape index (κ1) is 17.1. The molecule has 0 bridgehead atoms. The molecule has 3 fully saturated rings. The van der Waals surface area contributed by atoms with Crippen LogP contribution in [0.25, 0.3) is 0 Å². The number of hydrogen-bond acceptors (Lipinski definition) is 5. The van der Waals surface area contributed by atoms with Crippen molar-refractivity contribution < 1.29 is 18.8 Å². The van der Waals surface area contributed by atoms with Crippen LogP contribution in [-0.4, -0.2) is 54.8 Å². The molecule has 3 aliphatic heterocycles. The van der Waals surface area contributed by atoms with E-state index in [0.29, 0.717) is 13.2 Å². The van der Waals surface area contributed by atoms with Gasteiger partial charge in [-0.05, 0) is 44.7 Å². The van der Waals surface area contributed by atoms with Crippen LogP contribution in [0.2, 0.25) is 0 Å². The molecule has 25 heavy (non-hydrogen) atoms. The highest BCUT2D eigenvalue weighted by Gasteiger charge is 2.43. The molecule has 0 aliphatic carbocycles. The van der Waals surface area contributed by atoms with E-state index in [-0.39, 0.29) is 23.8 Å². The minimum absolute atomic E-state index is 0.0136. The van der Waals surface area contributed by atoms with Crippen molar-refractivity contribution in [3.8, 4) is 0 Å². The maximum absolute atomic E-state index is 12.9. The van der Waals surface area contributed by atoms with Crippen molar-refractivity contribution in [1.29, 1.82) is 0 Å². The quantitative estimate of drug-likeness (QED) is 0.839. The largest absolute Gasteiger partial charge is 0.465 e. The van der Waals surface area contributed by atoms with E-state index < -0.39 is 0 Å². The number of ether oxygens (including phenoxy) is 1. The Morgan fingerprint density at radius 1 is 1.24 bits per heavy atom. The molecular formula is C19H28N2O4. The summed E-state index contributed by atoms with van der Waals surface area (Å²) in [6, 6.07) is 2.12. The molecule has 0 N–H and O–H groups in total. The number of fused-ring (bicyclic) bond motifs is 1. The van der Waals surface area contributed by atoms with Crippen LogP contribution in [0.3, 0.4) is 0 Å². The van der Waals surface area contributed by atoms with E-state index in [2.05, 4.69) is 17.9 Å². The van der Waals surface area contributed by atoms with Gasteiger partial charge < -0.3 is 9.15 Å². The Morgan fingerprint density at radius 3 is 2.84 bits per heavy atom. The number of carbonyl (C=O) groups is 1. The molecule has 3 atom stereocenters. The Bertz CT molecular complexity index is 603. The third-order valence-corrected chi connectivity index (χ3v) is 5.87. The number of amides is 1. The van der Waals surface area contributed by atoms with Gasteiger partial charge in [0.1, 0.15) is 11.5 Å². The summed E-state index contributed by atoms with van der Waals surface area (Å²) in [6.45, 7) is 8.82. The normalized spacial score (nSPS) is 30.5. The smallest absolute Gasteiger partial charge is 0.249 e. The third kappa shape index (κ3) is 3.48. The number of hydrogen-bond donors (Lipinski definition) is 0. The summed E-state index contributed by atoms with van der Waals surface area (Å²) in [5.41, 5.74) is 1.20. The summed E-state index contributed by atoms with van der Waals surface area (Å²) in [5.74, 6) is 2.42. The van der Waals surface area contributed by atoms with E-state index in [4.69, 9.17) is 14.0 Å². The second kappa shape index (κ2) is 7.09. The Labute approximate surface area is 149 Å². The number of furan rings is 1. The number of nitrogens with zero attached hydrogens (tertiary/aromatic N) is 2. The summed E-state index contributed by atoms with van der Waals surface area (Å²) in [5, 5.41) is 1.59. The van der Waals surface area contributed by atoms with E-state index in [1.807, 2.05) is 6.92 Å². The highest BCUT2D eigenvalue weighted by Crippen LogP contribution is 2.35. The van der Waals surface area contributed by atoms with Crippen molar-refractivity contribution in [2.75, 3.05) is 32.8 Å². The molecule has 4 heterocycles. The highest BCUT2D eigenvalue weighted by atomic mass is 16.7. The van der Waals surface area contributed by atoms with Gasteiger partial charge in [-0.25, -0.2) is 5.06 Å². The highest BCUT2D eigenvalue weighted by molar-refractivity contribution is 5.78. The molecule has 4 rings (SSSR count). The van der Waals surface area contributed by atoms with Crippen molar-refractivity contribution in [3.05, 3.63) is 23.2 Å². The Hall–Kier alpha value is -1.37. The molecule has 1 amide bonds. The van der Waals surface area contributed by atoms with Gasteiger partial charge in [0.2, 0.25) is 5.91 Å². The maximum Gasteiger partial charge on any atom is 0.249 e. The predicted molar refractivity (Wildman–Crippen MR) is 91.7 cm³/mol. The standard InChI is InChI=1S/C19H28N2O4/c1-13-10-15(25-14(13)2)11-20-7-4-18-17(12-20)16(5-9-23-18)19(22)21-6-3-8-24-21/h10,16-18H,3-9,11-12H2,1-2H3/t16-,17+,18-/m1/s1. The van der Waals surface area contributed by atoms with Gasteiger partial charge >= 0.3 is 0 Å². The van der Waals surface area contributed by atoms with Gasteiger partial charge in [0.25, 0.3) is 0 Å². The topological polar surface area (TPSA) is 55.2 Å². The van der Waals surface area contributed by atoms with Crippen LogP contribution in [0.5, 0.6) is 0 Å². The fourth-order valence-corrected chi connectivity index (χ4v) is 4.39. The van der Waals surface area contributed by atoms with E-state index in [0.717, 1.165) is 57.0 Å². The van der Waals surface area contributed by atoms with E-state index in [1.165, 1.54) is 5.56 Å². The van der Waals surface area contributed by atoms with Crippen LogP contribution in [0.15, 0.2) is 10.5 Å². The molecule has 0 unspecified atom stereocenters. The third-order valence-electron chi connectivity index (χ3n) is 5.87. The van der Waals surface area contributed by atoms with Gasteiger partial charge in [-0.3, -0.25) is 14.5 Å². The Morgan fingerprint density at radius 2 is 2.12 bits per heavy atom. The van der Waals surface area contributed by atoms with Gasteiger partial charge in [0.15, 0.2) is 0 Å². The van der Waals surface area contributed by atoms with E-state index in [1.54, 1.807) is 5.06 Å². The van der Waals surface area contributed by atoms with Crippen LogP contribution < -0.4 is 0 Å². The fourth-order valence-electron chi connectivity index (χ4n) is 4.39. The molecule has 138 valence electrons. The molecule has 6 nitrogen and oxygen atoms in total. The lowest BCUT2D eigenvalue weighted by atomic mass is 9.79. The average Bonchev–Trinajstić information content (AvgIpc) is 3.24. The van der Waals surface area contributed by atoms with Crippen molar-refractivity contribution in [2.45, 2.75) is 45.8 Å². The zero-order valence-corrected chi connectivity index (χ0v) is 15.2. The molecule has 0 saturated carbocycles. The first-order valence-electron chi connectivity index (χ1n) is 9.46. The van der Waals surface area contributed by atoms with Gasteiger partial charge in [0, 0.05) is 31.5 Å². The molecule has 0 aromatic carbocycles. The number of aryl methyl sites for hydroxylation is 2. The zero-order chi connectivity index (χ0) is 17.4. The molecular weight excluding hydrogens is 320 g/mol. The molecule has 0 spiro atoms. The molecule has 3 saturated heterocycles. The summed E-state index contributed by atoms with van der Waals surface area (Å²) in [4.78, 5) is 20.8. The van der Waals surface area contributed by atoms with Crippen LogP contribution in [0.1, 0.15) is 36.3 Å². The lowest BCUT2D eigenvalue weighted by Gasteiger charge is -2.44. The van der Waals surface area contributed by atoms with E-state index in [9.17, 15) is 4.79 Å². The van der Waals surface area contributed by atoms with Crippen molar-refractivity contribution in [2.24, 2.45) is 11.8 Å². The lowest BCUT2D eigenvalue weighted by molar-refractivity contribution is -0.185. The van der Waals surface area contributed by atoms with Crippen LogP contribution in [0.4, 0.5) is 0 Å². The van der Waals surface area contributed by atoms with Gasteiger partial charge in [-0.2, -0.15) is 0 Å². The van der Waals surface area contributed by atoms with Crippen LogP contribution >= 0.6 is 0 Å². The maximum atomic E-state index is 12.9. The molecule has 3 aliphatic rings. The minimum Gasteiger partial charge on any atom is -0.465 e. The first-order valence-corrected chi connectivity index (χ1v) is 9.46. The lowest BCUT2D eigenvalue weighted by Crippen LogP contribution is -2.53. The summed E-state index contributed by atoms with van der Waals surface area (Å²) >= 11 is 0. The monoisotopic (exact) mass is 348 g/mol. The van der Waals surface area contributed by atoms with Crippen LogP contribution in [0, 0.1) is 25.7 Å². The van der Waals surface area contributed by atoms with Crippen molar-refractivity contribution in [1.82, 2.24) is 9.96 Å². The Kier molecular flexibility index (Phi) is 4.84. The van der Waals surface area contributed by atoms with Crippen LogP contribution in [-0.2, 0) is 20.9 Å². The molecule has 6 heteroatoms. The second-order valence-electron chi connectivity index (χ2n) is 7.57. The minimum atomic E-state index is 0.0136. The number of piperidine rings is 1. The second-order valence-corrected chi connectivity index (χ2v) is 7.57. The summed E-state index contributed by atoms with van der Waals surface area (Å²) < 4.78 is 11.8. The van der Waals surface area contributed by atoms with Crippen molar-refractivity contribution in [3.63, 3.8) is 0 Å². The zero-order valence-electron chi connectivity index (χ0n) is 15.2. The first-order chi connectivity index (χ1) is 12.1. The Balaban J connectivity index is 1.44. The molecule has 0 radical (unpaired) electrons. The number of carbonyl (C=O) groups excluding carboxylic acids is 1. The predicted octanol–water partition coefficient (Wildman–Crippen LogP) is 2.29. The number of hydroxylamine groups is 2. The summed E-state index contributed by atoms with van der Waals surface area (Å²) in [6.07, 6.45) is 2.91. The fraction of sp³-hybridized carbons (Fsp3) is 0.737.